The van der Waals surface area contributed by atoms with Crippen LogP contribution in [0.4, 0.5) is 5.69 Å². The summed E-state index contributed by atoms with van der Waals surface area (Å²) in [6.45, 7) is 0.139. The van der Waals surface area contributed by atoms with E-state index in [0.29, 0.717) is 17.1 Å². The van der Waals surface area contributed by atoms with E-state index in [0.717, 1.165) is 0 Å². The summed E-state index contributed by atoms with van der Waals surface area (Å²) in [5, 5.41) is 17.3. The maximum absolute atomic E-state index is 12.0. The average molecular weight is 422 g/mol. The summed E-state index contributed by atoms with van der Waals surface area (Å²) >= 11 is 0. The number of non-ortho nitro benzene ring substituents is 1. The third kappa shape index (κ3) is 6.53. The summed E-state index contributed by atoms with van der Waals surface area (Å²) in [6, 6.07) is 15.5. The minimum atomic E-state index is -0.577. The molecule has 3 aromatic rings. The molecule has 2 aromatic carbocycles. The minimum Gasteiger partial charge on any atom is -0.484 e. The topological polar surface area (TPSA) is 136 Å². The van der Waals surface area contributed by atoms with Gasteiger partial charge in [-0.3, -0.25) is 19.7 Å². The molecule has 31 heavy (non-hydrogen) atoms. The van der Waals surface area contributed by atoms with Crippen LogP contribution in [-0.2, 0) is 11.3 Å². The van der Waals surface area contributed by atoms with E-state index in [9.17, 15) is 19.7 Å². The third-order valence-corrected chi connectivity index (χ3v) is 3.99. The fourth-order valence-electron chi connectivity index (χ4n) is 2.44. The van der Waals surface area contributed by atoms with E-state index in [1.165, 1.54) is 36.7 Å². The van der Waals surface area contributed by atoms with Crippen molar-refractivity contribution in [1.29, 1.82) is 0 Å². The number of hydrogen-bond donors (Lipinski definition) is 2. The van der Waals surface area contributed by atoms with Crippen molar-refractivity contribution in [2.24, 2.45) is 5.10 Å². The van der Waals surface area contributed by atoms with Crippen molar-refractivity contribution in [3.63, 3.8) is 0 Å². The van der Waals surface area contributed by atoms with Gasteiger partial charge < -0.3 is 14.5 Å². The average Bonchev–Trinajstić information content (AvgIpc) is 3.31. The van der Waals surface area contributed by atoms with Crippen LogP contribution in [0.3, 0.4) is 0 Å². The molecule has 1 aromatic heterocycles. The number of ether oxygens (including phenoxy) is 1. The van der Waals surface area contributed by atoms with E-state index in [1.54, 1.807) is 36.4 Å². The van der Waals surface area contributed by atoms with Gasteiger partial charge in [-0.2, -0.15) is 5.10 Å². The Labute approximate surface area is 176 Å². The molecule has 2 N–H and O–H groups in total. The summed E-state index contributed by atoms with van der Waals surface area (Å²) < 4.78 is 10.5. The van der Waals surface area contributed by atoms with Gasteiger partial charge in [0.25, 0.3) is 17.5 Å². The Bertz CT molecular complexity index is 1080. The molecule has 158 valence electrons. The quantitative estimate of drug-likeness (QED) is 0.309. The summed E-state index contributed by atoms with van der Waals surface area (Å²) in [7, 11) is 0. The number of rotatable bonds is 9. The SMILES string of the molecule is O=C(COc1ccc(/C=N\NC(=O)c2cccc([N+](=O)[O-])c2)cc1)NCc1ccco1. The fraction of sp³-hybridized carbons (Fsp3) is 0.0952. The normalized spacial score (nSPS) is 10.6. The zero-order chi connectivity index (χ0) is 22.1. The number of hydrogen-bond acceptors (Lipinski definition) is 7. The monoisotopic (exact) mass is 422 g/mol. The predicted octanol–water partition coefficient (Wildman–Crippen LogP) is 2.65. The van der Waals surface area contributed by atoms with E-state index in [-0.39, 0.29) is 30.3 Å². The maximum atomic E-state index is 12.0. The second kappa shape index (κ2) is 10.3. The Morgan fingerprint density at radius 3 is 2.65 bits per heavy atom. The molecular formula is C21H18N4O6. The Kier molecular flexibility index (Phi) is 7.09. The highest BCUT2D eigenvalue weighted by molar-refractivity contribution is 5.95. The molecule has 0 aliphatic carbocycles. The lowest BCUT2D eigenvalue weighted by molar-refractivity contribution is -0.384. The van der Waals surface area contributed by atoms with Gasteiger partial charge in [0.15, 0.2) is 6.61 Å². The second-order valence-corrected chi connectivity index (χ2v) is 6.22. The largest absolute Gasteiger partial charge is 0.484 e. The molecular weight excluding hydrogens is 404 g/mol. The lowest BCUT2D eigenvalue weighted by Gasteiger charge is -2.06. The van der Waals surface area contributed by atoms with Crippen LogP contribution in [0.2, 0.25) is 0 Å². The number of nitrogens with one attached hydrogen (secondary N) is 2. The highest BCUT2D eigenvalue weighted by Crippen LogP contribution is 2.13. The zero-order valence-corrected chi connectivity index (χ0v) is 16.2. The molecule has 1 heterocycles. The van der Waals surface area contributed by atoms with Crippen molar-refractivity contribution in [3.8, 4) is 5.75 Å². The van der Waals surface area contributed by atoms with Crippen LogP contribution in [-0.4, -0.2) is 29.6 Å². The molecule has 0 aliphatic rings. The first-order valence-corrected chi connectivity index (χ1v) is 9.11. The fourth-order valence-corrected chi connectivity index (χ4v) is 2.44. The summed E-state index contributed by atoms with van der Waals surface area (Å²) in [5.41, 5.74) is 2.93. The van der Waals surface area contributed by atoms with Crippen LogP contribution >= 0.6 is 0 Å². The van der Waals surface area contributed by atoms with E-state index >= 15 is 0 Å². The number of benzene rings is 2. The van der Waals surface area contributed by atoms with Crippen LogP contribution in [0, 0.1) is 10.1 Å². The van der Waals surface area contributed by atoms with Crippen molar-refractivity contribution < 1.29 is 23.7 Å². The number of carbonyl (C=O) groups is 2. The van der Waals surface area contributed by atoms with Gasteiger partial charge >= 0.3 is 0 Å². The van der Waals surface area contributed by atoms with Gasteiger partial charge in [-0.05, 0) is 48.0 Å². The van der Waals surface area contributed by atoms with Gasteiger partial charge in [0, 0.05) is 17.7 Å². The maximum Gasteiger partial charge on any atom is 0.271 e. The first-order chi connectivity index (χ1) is 15.0. The molecule has 0 fully saturated rings. The number of amides is 2. The molecule has 0 spiro atoms. The Morgan fingerprint density at radius 1 is 1.13 bits per heavy atom. The Morgan fingerprint density at radius 2 is 1.94 bits per heavy atom. The summed E-state index contributed by atoms with van der Waals surface area (Å²) in [5.74, 6) is 0.284. The highest BCUT2D eigenvalue weighted by atomic mass is 16.6. The van der Waals surface area contributed by atoms with Crippen LogP contribution in [0.5, 0.6) is 5.75 Å². The number of furan rings is 1. The van der Waals surface area contributed by atoms with E-state index in [2.05, 4.69) is 15.8 Å². The van der Waals surface area contributed by atoms with Gasteiger partial charge in [-0.15, -0.1) is 0 Å². The molecule has 0 saturated carbocycles. The number of nitro groups is 1. The van der Waals surface area contributed by atoms with Crippen molar-refractivity contribution in [3.05, 3.63) is 93.9 Å². The minimum absolute atomic E-state index is 0.125. The molecule has 10 heteroatoms. The molecule has 2 amide bonds. The summed E-state index contributed by atoms with van der Waals surface area (Å²) in [4.78, 5) is 34.0. The zero-order valence-electron chi connectivity index (χ0n) is 16.2. The van der Waals surface area contributed by atoms with E-state index < -0.39 is 10.8 Å². The van der Waals surface area contributed by atoms with Crippen molar-refractivity contribution in [2.45, 2.75) is 6.54 Å². The molecule has 0 radical (unpaired) electrons. The predicted molar refractivity (Wildman–Crippen MR) is 111 cm³/mol. The number of nitro benzene ring substituents is 1. The van der Waals surface area contributed by atoms with Crippen LogP contribution in [0.15, 0.2) is 76.4 Å². The van der Waals surface area contributed by atoms with Gasteiger partial charge in [0.05, 0.1) is 23.9 Å². The Hall–Kier alpha value is -4.47. The standard InChI is InChI=1S/C21H18N4O6/c26-20(22-13-19-5-2-10-30-19)14-31-18-8-6-15(7-9-18)12-23-24-21(27)16-3-1-4-17(11-16)25(28)29/h1-12H,13-14H2,(H,22,26)(H,24,27)/b23-12-. The smallest absolute Gasteiger partial charge is 0.271 e. The van der Waals surface area contributed by atoms with Crippen molar-refractivity contribution >= 4 is 23.7 Å². The number of hydrazone groups is 1. The molecule has 0 unspecified atom stereocenters. The Balaban J connectivity index is 1.44. The van der Waals surface area contributed by atoms with Gasteiger partial charge in [-0.1, -0.05) is 6.07 Å². The molecule has 0 bridgehead atoms. The highest BCUT2D eigenvalue weighted by Gasteiger charge is 2.10. The number of carbonyl (C=O) groups excluding carboxylic acids is 2. The number of nitrogens with zero attached hydrogens (tertiary/aromatic N) is 2. The second-order valence-electron chi connectivity index (χ2n) is 6.22. The van der Waals surface area contributed by atoms with Gasteiger partial charge in [-0.25, -0.2) is 5.43 Å². The van der Waals surface area contributed by atoms with Crippen LogP contribution < -0.4 is 15.5 Å². The van der Waals surface area contributed by atoms with Gasteiger partial charge in [0.2, 0.25) is 0 Å². The van der Waals surface area contributed by atoms with E-state index in [1.807, 2.05) is 0 Å². The van der Waals surface area contributed by atoms with Crippen LogP contribution in [0.25, 0.3) is 0 Å². The molecule has 3 rings (SSSR count). The summed E-state index contributed by atoms with van der Waals surface area (Å²) in [6.07, 6.45) is 2.94. The lowest BCUT2D eigenvalue weighted by Crippen LogP contribution is -2.28. The molecule has 0 saturated heterocycles. The molecule has 0 aliphatic heterocycles. The van der Waals surface area contributed by atoms with Crippen molar-refractivity contribution in [2.75, 3.05) is 6.61 Å². The van der Waals surface area contributed by atoms with Gasteiger partial charge in [0.1, 0.15) is 11.5 Å². The first-order valence-electron chi connectivity index (χ1n) is 9.11. The molecule has 10 nitrogen and oxygen atoms in total. The van der Waals surface area contributed by atoms with E-state index in [4.69, 9.17) is 9.15 Å². The van der Waals surface area contributed by atoms with Crippen LogP contribution in [0.1, 0.15) is 21.7 Å². The van der Waals surface area contributed by atoms with Crippen molar-refractivity contribution in [1.82, 2.24) is 10.7 Å². The third-order valence-electron chi connectivity index (χ3n) is 3.99. The molecule has 0 atom stereocenters. The lowest BCUT2D eigenvalue weighted by atomic mass is 10.2. The first kappa shape index (κ1) is 21.2.